The molecule has 2 aromatic carbocycles. The van der Waals surface area contributed by atoms with Crippen molar-refractivity contribution in [2.24, 2.45) is 0 Å². The van der Waals surface area contributed by atoms with Crippen LogP contribution in [0, 0.1) is 19.7 Å². The van der Waals surface area contributed by atoms with Gasteiger partial charge in [-0.05, 0) is 68.1 Å². The van der Waals surface area contributed by atoms with Gasteiger partial charge in [0.25, 0.3) is 0 Å². The molecule has 1 fully saturated rings. The molecule has 6 nitrogen and oxygen atoms in total. The molecule has 0 saturated carbocycles. The molecule has 1 aliphatic rings. The molecule has 0 aliphatic carbocycles. The predicted molar refractivity (Wildman–Crippen MR) is 123 cm³/mol. The number of fused-ring (bicyclic) bond motifs is 1. The number of nitrogens with zero attached hydrogens (tertiary/aromatic N) is 2. The zero-order chi connectivity index (χ0) is 22.9. The van der Waals surface area contributed by atoms with Gasteiger partial charge >= 0.3 is 0 Å². The fourth-order valence-electron chi connectivity index (χ4n) is 3.87. The number of halogens is 1. The van der Waals surface area contributed by atoms with Crippen LogP contribution in [0.25, 0.3) is 10.2 Å². The Bertz CT molecular complexity index is 1230. The molecular formula is C23H25FN2O4S2. The average Bonchev–Trinajstić information content (AvgIpc) is 3.40. The fraction of sp³-hybridized carbons (Fsp3) is 0.391. The van der Waals surface area contributed by atoms with Gasteiger partial charge in [0, 0.05) is 13.0 Å². The number of hydrogen-bond donors (Lipinski definition) is 0. The summed E-state index contributed by atoms with van der Waals surface area (Å²) < 4.78 is 45.1. The first kappa shape index (κ1) is 22.8. The number of rotatable bonds is 7. The Kier molecular flexibility index (Phi) is 6.60. The molecule has 1 unspecified atom stereocenters. The van der Waals surface area contributed by atoms with E-state index in [0.717, 1.165) is 46.3 Å². The molecule has 4 rings (SSSR count). The zero-order valence-electron chi connectivity index (χ0n) is 18.0. The van der Waals surface area contributed by atoms with E-state index in [0.29, 0.717) is 18.3 Å². The lowest BCUT2D eigenvalue weighted by atomic mass is 10.1. The predicted octanol–water partition coefficient (Wildman–Crippen LogP) is 4.43. The third kappa shape index (κ3) is 5.00. The zero-order valence-corrected chi connectivity index (χ0v) is 19.6. The van der Waals surface area contributed by atoms with Gasteiger partial charge in [0.05, 0.1) is 33.5 Å². The Labute approximate surface area is 190 Å². The second kappa shape index (κ2) is 9.25. The molecule has 1 aromatic heterocycles. The van der Waals surface area contributed by atoms with E-state index in [2.05, 4.69) is 0 Å². The number of hydrogen-bond acceptors (Lipinski definition) is 6. The minimum absolute atomic E-state index is 0.00321. The van der Waals surface area contributed by atoms with Crippen LogP contribution in [0.4, 0.5) is 9.52 Å². The molecule has 32 heavy (non-hydrogen) atoms. The van der Waals surface area contributed by atoms with Crippen molar-refractivity contribution in [3.05, 3.63) is 53.3 Å². The summed E-state index contributed by atoms with van der Waals surface area (Å²) >= 11 is 1.42. The van der Waals surface area contributed by atoms with Crippen LogP contribution in [0.15, 0.2) is 41.3 Å². The Morgan fingerprint density at radius 1 is 1.25 bits per heavy atom. The van der Waals surface area contributed by atoms with E-state index < -0.39 is 15.7 Å². The number of aromatic nitrogens is 1. The number of ether oxygens (including phenoxy) is 1. The summed E-state index contributed by atoms with van der Waals surface area (Å²) in [5.41, 5.74) is 3.00. The van der Waals surface area contributed by atoms with Gasteiger partial charge in [0.2, 0.25) is 5.91 Å². The van der Waals surface area contributed by atoms with E-state index in [9.17, 15) is 17.6 Å². The average molecular weight is 477 g/mol. The maximum Gasteiger partial charge on any atom is 0.229 e. The minimum atomic E-state index is -3.71. The molecule has 0 bridgehead atoms. The van der Waals surface area contributed by atoms with Crippen molar-refractivity contribution in [3.63, 3.8) is 0 Å². The van der Waals surface area contributed by atoms with Gasteiger partial charge in [-0.3, -0.25) is 9.69 Å². The van der Waals surface area contributed by atoms with Gasteiger partial charge < -0.3 is 4.74 Å². The number of carbonyl (C=O) groups is 1. The summed E-state index contributed by atoms with van der Waals surface area (Å²) in [6.07, 6.45) is 1.49. The van der Waals surface area contributed by atoms with E-state index in [1.807, 2.05) is 26.0 Å². The molecule has 1 saturated heterocycles. The van der Waals surface area contributed by atoms with Crippen molar-refractivity contribution < 1.29 is 22.3 Å². The number of benzene rings is 2. The highest BCUT2D eigenvalue weighted by Crippen LogP contribution is 2.33. The molecule has 1 atom stereocenters. The van der Waals surface area contributed by atoms with Gasteiger partial charge in [-0.1, -0.05) is 17.4 Å². The first-order valence-electron chi connectivity index (χ1n) is 10.5. The molecule has 1 amide bonds. The third-order valence-electron chi connectivity index (χ3n) is 5.52. The van der Waals surface area contributed by atoms with E-state index in [-0.39, 0.29) is 29.1 Å². The topological polar surface area (TPSA) is 76.6 Å². The maximum absolute atomic E-state index is 13.2. The first-order valence-corrected chi connectivity index (χ1v) is 13.0. The van der Waals surface area contributed by atoms with E-state index >= 15 is 0 Å². The minimum Gasteiger partial charge on any atom is -0.376 e. The summed E-state index contributed by atoms with van der Waals surface area (Å²) in [4.78, 5) is 19.5. The highest BCUT2D eigenvalue weighted by atomic mass is 32.2. The summed E-state index contributed by atoms with van der Waals surface area (Å²) in [7, 11) is -3.71. The largest absolute Gasteiger partial charge is 0.376 e. The van der Waals surface area contributed by atoms with Crippen molar-refractivity contribution in [2.75, 3.05) is 23.8 Å². The van der Waals surface area contributed by atoms with E-state index in [4.69, 9.17) is 9.72 Å². The molecule has 3 aromatic rings. The number of aryl methyl sites for hydroxylation is 2. The lowest BCUT2D eigenvalue weighted by Gasteiger charge is -2.23. The molecule has 0 N–H and O–H groups in total. The molecule has 2 heterocycles. The maximum atomic E-state index is 13.2. The molecule has 0 radical (unpaired) electrons. The normalized spacial score (nSPS) is 16.5. The summed E-state index contributed by atoms with van der Waals surface area (Å²) in [5.74, 6) is -1.19. The van der Waals surface area contributed by atoms with Crippen LogP contribution in [-0.4, -0.2) is 44.3 Å². The number of anilines is 1. The quantitative estimate of drug-likeness (QED) is 0.472. The Hall–Kier alpha value is -2.36. The number of amides is 1. The van der Waals surface area contributed by atoms with Crippen LogP contribution in [0.2, 0.25) is 0 Å². The Balaban J connectivity index is 1.58. The van der Waals surface area contributed by atoms with Gasteiger partial charge in [0.1, 0.15) is 5.82 Å². The molecular weight excluding hydrogens is 451 g/mol. The second-order valence-electron chi connectivity index (χ2n) is 8.09. The first-order chi connectivity index (χ1) is 15.2. The van der Waals surface area contributed by atoms with Gasteiger partial charge in [-0.25, -0.2) is 17.8 Å². The number of thiazole rings is 1. The highest BCUT2D eigenvalue weighted by Gasteiger charge is 2.28. The van der Waals surface area contributed by atoms with E-state index in [1.165, 1.54) is 23.5 Å². The smallest absolute Gasteiger partial charge is 0.229 e. The molecule has 170 valence electrons. The van der Waals surface area contributed by atoms with Crippen molar-refractivity contribution >= 4 is 42.4 Å². The van der Waals surface area contributed by atoms with Crippen LogP contribution in [0.1, 0.15) is 30.4 Å². The molecule has 1 aliphatic heterocycles. The summed E-state index contributed by atoms with van der Waals surface area (Å²) in [5, 5.41) is 0.549. The summed E-state index contributed by atoms with van der Waals surface area (Å²) in [6.45, 7) is 5.00. The van der Waals surface area contributed by atoms with Crippen LogP contribution in [-0.2, 0) is 19.4 Å². The van der Waals surface area contributed by atoms with E-state index in [1.54, 1.807) is 4.90 Å². The Morgan fingerprint density at radius 3 is 2.69 bits per heavy atom. The lowest BCUT2D eigenvalue weighted by molar-refractivity contribution is -0.118. The second-order valence-corrected chi connectivity index (χ2v) is 11.2. The van der Waals surface area contributed by atoms with Crippen LogP contribution in [0.3, 0.4) is 0 Å². The SMILES string of the molecule is Cc1cc(C)c2nc(N(CC3CCCO3)C(=O)CCS(=O)(=O)c3ccc(F)cc3)sc2c1. The van der Waals surface area contributed by atoms with Gasteiger partial charge in [-0.15, -0.1) is 0 Å². The number of carbonyl (C=O) groups excluding carboxylic acids is 1. The Morgan fingerprint density at radius 2 is 2.00 bits per heavy atom. The number of sulfone groups is 1. The van der Waals surface area contributed by atoms with Crippen LogP contribution >= 0.6 is 11.3 Å². The fourth-order valence-corrected chi connectivity index (χ4v) is 6.27. The van der Waals surface area contributed by atoms with Crippen molar-refractivity contribution in [1.82, 2.24) is 4.98 Å². The standard InChI is InChI=1S/C23H25FN2O4S2/c1-15-12-16(2)22-20(13-15)31-23(25-22)26(14-18-4-3-10-30-18)21(27)9-11-32(28,29)19-7-5-17(24)6-8-19/h5-8,12-13,18H,3-4,9-11,14H2,1-2H3. The molecule has 0 spiro atoms. The van der Waals surface area contributed by atoms with Crippen molar-refractivity contribution in [3.8, 4) is 0 Å². The lowest BCUT2D eigenvalue weighted by Crippen LogP contribution is -2.38. The molecule has 9 heteroatoms. The van der Waals surface area contributed by atoms with Crippen LogP contribution in [0.5, 0.6) is 0 Å². The van der Waals surface area contributed by atoms with Crippen molar-refractivity contribution in [2.45, 2.75) is 44.1 Å². The van der Waals surface area contributed by atoms with Gasteiger partial charge in [0.15, 0.2) is 15.0 Å². The van der Waals surface area contributed by atoms with Gasteiger partial charge in [-0.2, -0.15) is 0 Å². The summed E-state index contributed by atoms with van der Waals surface area (Å²) in [6, 6.07) is 8.73. The van der Waals surface area contributed by atoms with Crippen molar-refractivity contribution in [1.29, 1.82) is 0 Å². The van der Waals surface area contributed by atoms with Crippen LogP contribution < -0.4 is 4.90 Å². The highest BCUT2D eigenvalue weighted by molar-refractivity contribution is 7.91. The third-order valence-corrected chi connectivity index (χ3v) is 8.28. The monoisotopic (exact) mass is 476 g/mol.